The lowest BCUT2D eigenvalue weighted by atomic mass is 9.65. The van der Waals surface area contributed by atoms with E-state index in [1.54, 1.807) is 13.8 Å². The van der Waals surface area contributed by atoms with Crippen molar-refractivity contribution in [3.05, 3.63) is 0 Å². The van der Waals surface area contributed by atoms with Crippen LogP contribution in [0, 0.1) is 23.7 Å². The maximum absolute atomic E-state index is 13.4. The minimum Gasteiger partial charge on any atom is -0.457 e. The maximum Gasteiger partial charge on any atom is 0.465 e. The molecule has 0 spiro atoms. The Balaban J connectivity index is 2.25. The van der Waals surface area contributed by atoms with Crippen LogP contribution in [0.1, 0.15) is 40.5 Å². The number of alkyl halides is 2. The van der Waals surface area contributed by atoms with Gasteiger partial charge in [0.15, 0.2) is 0 Å². The number of carbonyl (C=O) groups excluding carboxylic acids is 1. The van der Waals surface area contributed by atoms with E-state index in [2.05, 4.69) is 0 Å². The summed E-state index contributed by atoms with van der Waals surface area (Å²) in [5, 5.41) is 15.9. The highest BCUT2D eigenvalue weighted by Crippen LogP contribution is 2.59. The number of carbonyl (C=O) groups is 1. The lowest BCUT2D eigenvalue weighted by Crippen LogP contribution is -2.52. The van der Waals surface area contributed by atoms with Crippen molar-refractivity contribution in [1.82, 2.24) is 0 Å². The van der Waals surface area contributed by atoms with Crippen LogP contribution in [0.4, 0.5) is 8.78 Å². The van der Waals surface area contributed by atoms with E-state index in [4.69, 9.17) is 9.29 Å². The van der Waals surface area contributed by atoms with Crippen molar-refractivity contribution in [3.8, 4) is 0 Å². The summed E-state index contributed by atoms with van der Waals surface area (Å²) in [7, 11) is -5.93. The van der Waals surface area contributed by atoms with Gasteiger partial charge in [-0.15, -0.1) is 0 Å². The third kappa shape index (κ3) is 3.54. The van der Waals surface area contributed by atoms with Crippen LogP contribution in [0.3, 0.4) is 0 Å². The number of hydrogen-bond donors (Lipinski definition) is 3. The van der Waals surface area contributed by atoms with Crippen molar-refractivity contribution < 1.29 is 41.5 Å². The number of fused-ring (bicyclic) bond motifs is 2. The Morgan fingerprint density at radius 2 is 1.52 bits per heavy atom. The first kappa shape index (κ1) is 20.5. The Morgan fingerprint density at radius 1 is 1.04 bits per heavy atom. The van der Waals surface area contributed by atoms with Crippen LogP contribution in [0.5, 0.6) is 0 Å². The molecule has 10 heteroatoms. The zero-order chi connectivity index (χ0) is 19.6. The third-order valence-corrected chi connectivity index (χ3v) is 6.21. The maximum atomic E-state index is 13.4. The molecule has 0 aromatic heterocycles. The molecule has 2 rings (SSSR count). The first-order chi connectivity index (χ1) is 11.0. The minimum atomic E-state index is -5.93. The molecule has 2 aliphatic carbocycles. The van der Waals surface area contributed by atoms with Crippen LogP contribution in [0.25, 0.3) is 0 Å². The predicted octanol–water partition coefficient (Wildman–Crippen LogP) is 1.19. The largest absolute Gasteiger partial charge is 0.465 e. The Labute approximate surface area is 145 Å². The second kappa shape index (κ2) is 5.83. The molecule has 3 N–H and O–H groups in total. The first-order valence-corrected chi connectivity index (χ1v) is 9.42. The molecular formula is C15H24F2O7S. The van der Waals surface area contributed by atoms with Crippen molar-refractivity contribution >= 4 is 16.1 Å². The van der Waals surface area contributed by atoms with Gasteiger partial charge in [0.05, 0.1) is 11.2 Å². The van der Waals surface area contributed by atoms with E-state index in [1.165, 1.54) is 13.8 Å². The van der Waals surface area contributed by atoms with Gasteiger partial charge in [-0.2, -0.15) is 17.2 Å². The number of rotatable bonds is 5. The van der Waals surface area contributed by atoms with Crippen molar-refractivity contribution in [2.24, 2.45) is 23.7 Å². The minimum absolute atomic E-state index is 0.168. The average molecular weight is 386 g/mol. The van der Waals surface area contributed by atoms with Crippen LogP contribution in [0.2, 0.25) is 0 Å². The van der Waals surface area contributed by atoms with Gasteiger partial charge in [0.2, 0.25) is 0 Å². The molecule has 0 saturated heterocycles. The highest BCUT2D eigenvalue weighted by atomic mass is 32.2. The summed E-state index contributed by atoms with van der Waals surface area (Å²) in [6.07, 6.45) is -0.377. The standard InChI is InChI=1S/C15H24F2O7S/c1-13(2,19)10-7-5-8(11(10)14(3,4)20)9(6-7)24-12(18)15(16,17)25(21,22)23/h7-11,19-20H,5-6H2,1-4H3,(H,21,22,23). The molecule has 7 nitrogen and oxygen atoms in total. The monoisotopic (exact) mass is 386 g/mol. The molecule has 25 heavy (non-hydrogen) atoms. The van der Waals surface area contributed by atoms with E-state index in [-0.39, 0.29) is 18.3 Å². The van der Waals surface area contributed by atoms with Gasteiger partial charge < -0.3 is 14.9 Å². The molecule has 5 atom stereocenters. The first-order valence-electron chi connectivity index (χ1n) is 7.98. The molecular weight excluding hydrogens is 362 g/mol. The molecule has 0 aromatic carbocycles. The molecule has 0 amide bonds. The number of esters is 1. The Hall–Kier alpha value is -0.840. The summed E-state index contributed by atoms with van der Waals surface area (Å²) in [4.78, 5) is 11.6. The lowest BCUT2D eigenvalue weighted by Gasteiger charge is -2.46. The van der Waals surface area contributed by atoms with Gasteiger partial charge >= 0.3 is 21.3 Å². The average Bonchev–Trinajstić information content (AvgIpc) is 2.92. The molecule has 0 aromatic rings. The van der Waals surface area contributed by atoms with Gasteiger partial charge in [0.25, 0.3) is 0 Å². The van der Waals surface area contributed by atoms with Crippen LogP contribution >= 0.6 is 0 Å². The number of ether oxygens (including phenoxy) is 1. The van der Waals surface area contributed by atoms with Crippen molar-refractivity contribution in [1.29, 1.82) is 0 Å². The molecule has 0 heterocycles. The van der Waals surface area contributed by atoms with Gasteiger partial charge in [-0.25, -0.2) is 4.79 Å². The normalized spacial score (nSPS) is 33.6. The fourth-order valence-corrected chi connectivity index (χ4v) is 4.99. The smallest absolute Gasteiger partial charge is 0.457 e. The molecule has 2 bridgehead atoms. The summed E-state index contributed by atoms with van der Waals surface area (Å²) < 4.78 is 61.4. The molecule has 5 unspecified atom stereocenters. The zero-order valence-electron chi connectivity index (χ0n) is 14.4. The Morgan fingerprint density at radius 3 is 1.92 bits per heavy atom. The number of aliphatic hydroxyl groups is 2. The molecule has 0 radical (unpaired) electrons. The topological polar surface area (TPSA) is 121 Å². The van der Waals surface area contributed by atoms with E-state index in [0.29, 0.717) is 6.42 Å². The van der Waals surface area contributed by atoms with E-state index in [0.717, 1.165) is 0 Å². The summed E-state index contributed by atoms with van der Waals surface area (Å²) in [5.74, 6) is -3.85. The molecule has 146 valence electrons. The van der Waals surface area contributed by atoms with Gasteiger partial charge in [-0.3, -0.25) is 4.55 Å². The Kier molecular flexibility index (Phi) is 4.78. The fraction of sp³-hybridized carbons (Fsp3) is 0.933. The van der Waals surface area contributed by atoms with Crippen molar-refractivity contribution in [2.45, 2.75) is 63.1 Å². The molecule has 2 aliphatic rings. The van der Waals surface area contributed by atoms with Crippen molar-refractivity contribution in [2.75, 3.05) is 0 Å². The van der Waals surface area contributed by atoms with E-state index < -0.39 is 50.5 Å². The lowest BCUT2D eigenvalue weighted by molar-refractivity contribution is -0.178. The van der Waals surface area contributed by atoms with Crippen LogP contribution < -0.4 is 0 Å². The summed E-state index contributed by atoms with van der Waals surface area (Å²) >= 11 is 0. The Bertz CT molecular complexity index is 648. The zero-order valence-corrected chi connectivity index (χ0v) is 15.3. The molecule has 0 aliphatic heterocycles. The molecule has 2 saturated carbocycles. The highest BCUT2D eigenvalue weighted by molar-refractivity contribution is 7.87. The number of halogens is 2. The third-order valence-electron chi connectivity index (χ3n) is 5.40. The van der Waals surface area contributed by atoms with E-state index >= 15 is 0 Å². The summed E-state index contributed by atoms with van der Waals surface area (Å²) in [6, 6.07) is 0. The summed E-state index contributed by atoms with van der Waals surface area (Å²) in [6.45, 7) is 6.26. The second-order valence-electron chi connectivity index (χ2n) is 8.19. The van der Waals surface area contributed by atoms with Crippen LogP contribution in [-0.4, -0.2) is 51.7 Å². The second-order valence-corrected chi connectivity index (χ2v) is 9.65. The quantitative estimate of drug-likeness (QED) is 0.479. The summed E-state index contributed by atoms with van der Waals surface area (Å²) in [5.41, 5.74) is -2.39. The van der Waals surface area contributed by atoms with Crippen molar-refractivity contribution in [3.63, 3.8) is 0 Å². The number of hydrogen-bond acceptors (Lipinski definition) is 6. The van der Waals surface area contributed by atoms with Gasteiger partial charge in [0.1, 0.15) is 6.10 Å². The van der Waals surface area contributed by atoms with Gasteiger partial charge in [-0.05, 0) is 58.3 Å². The van der Waals surface area contributed by atoms with Crippen LogP contribution in [0.15, 0.2) is 0 Å². The SMILES string of the molecule is CC(C)(O)C1C2CC(OC(=O)C(F)(F)S(=O)(=O)O)C(C2)C1C(C)(C)O. The predicted molar refractivity (Wildman–Crippen MR) is 82.2 cm³/mol. The van der Waals surface area contributed by atoms with Crippen LogP contribution in [-0.2, 0) is 19.6 Å². The van der Waals surface area contributed by atoms with E-state index in [1.807, 2.05) is 0 Å². The van der Waals surface area contributed by atoms with Gasteiger partial charge in [-0.1, -0.05) is 0 Å². The molecule has 2 fully saturated rings. The highest BCUT2D eigenvalue weighted by Gasteiger charge is 2.63. The van der Waals surface area contributed by atoms with E-state index in [9.17, 15) is 32.2 Å². The van der Waals surface area contributed by atoms with Gasteiger partial charge in [0, 0.05) is 5.92 Å². The fourth-order valence-electron chi connectivity index (χ4n) is 4.73.